The molecule has 6 nitrogen and oxygen atoms in total. The largest absolute Gasteiger partial charge is 0.492 e. The number of benzene rings is 4. The van der Waals surface area contributed by atoms with Gasteiger partial charge in [0.15, 0.2) is 0 Å². The molecule has 0 aliphatic carbocycles. The molecule has 0 unspecified atom stereocenters. The Kier molecular flexibility index (Phi) is 9.60. The summed E-state index contributed by atoms with van der Waals surface area (Å²) in [7, 11) is 0. The highest BCUT2D eigenvalue weighted by atomic mass is 35.5. The fourth-order valence-electron chi connectivity index (χ4n) is 3.94. The van der Waals surface area contributed by atoms with Crippen LogP contribution in [0.3, 0.4) is 0 Å². The van der Waals surface area contributed by atoms with Crippen molar-refractivity contribution in [2.75, 3.05) is 12.3 Å². The Morgan fingerprint density at radius 1 is 0.676 bits per heavy atom. The van der Waals surface area contributed by atoms with E-state index in [0.717, 1.165) is 34.3 Å². The van der Waals surface area contributed by atoms with E-state index >= 15 is 0 Å². The van der Waals surface area contributed by atoms with E-state index in [1.807, 2.05) is 72.8 Å². The topological polar surface area (TPSA) is 84.7 Å². The molecule has 0 fully saturated rings. The second kappa shape index (κ2) is 13.5. The van der Waals surface area contributed by atoms with Gasteiger partial charge in [0.05, 0.1) is 34.4 Å². The number of azo groups is 2. The number of nitrogens with zero attached hydrogens (tertiary/aromatic N) is 4. The van der Waals surface area contributed by atoms with Gasteiger partial charge in [-0.1, -0.05) is 74.9 Å². The first-order valence-electron chi connectivity index (χ1n) is 12.8. The van der Waals surface area contributed by atoms with Crippen LogP contribution in [0, 0.1) is 0 Å². The summed E-state index contributed by atoms with van der Waals surface area (Å²) in [5.74, 6) is 0.678. The van der Waals surface area contributed by atoms with Crippen molar-refractivity contribution in [1.29, 1.82) is 0 Å². The van der Waals surface area contributed by atoms with Gasteiger partial charge in [-0.15, -0.1) is 5.11 Å². The van der Waals surface area contributed by atoms with Gasteiger partial charge in [0.25, 0.3) is 0 Å². The van der Waals surface area contributed by atoms with Crippen LogP contribution in [0.15, 0.2) is 99.3 Å². The number of hydrogen-bond donors (Lipinski definition) is 1. The highest BCUT2D eigenvalue weighted by Gasteiger charge is 2.04. The maximum atomic E-state index is 6.39. The molecule has 190 valence electrons. The van der Waals surface area contributed by atoms with E-state index in [2.05, 4.69) is 27.4 Å². The Morgan fingerprint density at radius 2 is 1.30 bits per heavy atom. The van der Waals surface area contributed by atoms with Crippen LogP contribution in [0.4, 0.5) is 28.4 Å². The smallest absolute Gasteiger partial charge is 0.138 e. The van der Waals surface area contributed by atoms with Crippen molar-refractivity contribution in [3.8, 4) is 5.75 Å². The number of nitrogen functional groups attached to an aromatic ring is 1. The van der Waals surface area contributed by atoms with E-state index in [1.165, 1.54) is 32.1 Å². The number of anilines is 1. The first-order valence-corrected chi connectivity index (χ1v) is 13.1. The number of rotatable bonds is 12. The van der Waals surface area contributed by atoms with Gasteiger partial charge < -0.3 is 10.5 Å². The van der Waals surface area contributed by atoms with Crippen LogP contribution in [-0.2, 0) is 0 Å². The minimum Gasteiger partial charge on any atom is -0.492 e. The fraction of sp³-hybridized carbons (Fsp3) is 0.267. The summed E-state index contributed by atoms with van der Waals surface area (Å²) < 4.78 is 5.83. The minimum absolute atomic E-state index is 0.536. The third kappa shape index (κ3) is 7.61. The van der Waals surface area contributed by atoms with Crippen molar-refractivity contribution in [1.82, 2.24) is 0 Å². The first-order chi connectivity index (χ1) is 18.1. The van der Waals surface area contributed by atoms with Gasteiger partial charge in [-0.3, -0.25) is 0 Å². The summed E-state index contributed by atoms with van der Waals surface area (Å²) in [6.07, 6.45) is 7.34. The van der Waals surface area contributed by atoms with Crippen LogP contribution >= 0.6 is 11.6 Å². The molecule has 0 spiro atoms. The summed E-state index contributed by atoms with van der Waals surface area (Å²) in [5.41, 5.74) is 9.65. The molecule has 0 bridgehead atoms. The lowest BCUT2D eigenvalue weighted by Crippen LogP contribution is -1.97. The molecule has 0 radical (unpaired) electrons. The third-order valence-electron chi connectivity index (χ3n) is 6.01. The highest BCUT2D eigenvalue weighted by molar-refractivity contribution is 6.32. The quantitative estimate of drug-likeness (QED) is 0.116. The van der Waals surface area contributed by atoms with Crippen LogP contribution in [0.5, 0.6) is 5.75 Å². The fourth-order valence-corrected chi connectivity index (χ4v) is 4.17. The molecule has 0 heterocycles. The molecule has 0 aliphatic heterocycles. The number of fused-ring (bicyclic) bond motifs is 1. The van der Waals surface area contributed by atoms with Crippen LogP contribution in [-0.4, -0.2) is 6.61 Å². The van der Waals surface area contributed by atoms with Crippen LogP contribution in [0.25, 0.3) is 10.8 Å². The predicted molar refractivity (Wildman–Crippen MR) is 153 cm³/mol. The molecule has 0 aromatic heterocycles. The lowest BCUT2D eigenvalue weighted by atomic mass is 10.1. The molecule has 0 aliphatic rings. The standard InChI is InChI=1S/C30H32ClN5O/c1-2-3-4-5-6-9-20-37-30-19-16-24(21-27(30)31)35-33-22-12-14-23(15-13-22)34-36-29-18-17-28(32)25-10-7-8-11-26(25)29/h7-8,10-19,21H,2-6,9,20,32H2,1H3. The summed E-state index contributed by atoms with van der Waals surface area (Å²) in [5, 5.41) is 19.9. The SMILES string of the molecule is CCCCCCCCOc1ccc(N=Nc2ccc(N=Nc3ccc(N)c4ccccc34)cc2)cc1Cl. The number of nitrogens with two attached hydrogens (primary N) is 1. The van der Waals surface area contributed by atoms with E-state index in [1.54, 1.807) is 6.07 Å². The van der Waals surface area contributed by atoms with Crippen LogP contribution in [0.2, 0.25) is 5.02 Å². The minimum atomic E-state index is 0.536. The molecular formula is C30H32ClN5O. The maximum absolute atomic E-state index is 6.39. The van der Waals surface area contributed by atoms with Gasteiger partial charge in [0.2, 0.25) is 0 Å². The second-order valence-corrected chi connectivity index (χ2v) is 9.27. The van der Waals surface area contributed by atoms with Crippen molar-refractivity contribution in [2.45, 2.75) is 45.4 Å². The van der Waals surface area contributed by atoms with Gasteiger partial charge in [-0.25, -0.2) is 0 Å². The Balaban J connectivity index is 1.32. The zero-order chi connectivity index (χ0) is 25.9. The maximum Gasteiger partial charge on any atom is 0.138 e. The van der Waals surface area contributed by atoms with E-state index in [0.29, 0.717) is 28.8 Å². The van der Waals surface area contributed by atoms with Gasteiger partial charge in [0.1, 0.15) is 5.75 Å². The average Bonchev–Trinajstić information content (AvgIpc) is 2.93. The lowest BCUT2D eigenvalue weighted by Gasteiger charge is -2.08. The Morgan fingerprint density at radius 3 is 2.03 bits per heavy atom. The van der Waals surface area contributed by atoms with Gasteiger partial charge in [-0.2, -0.15) is 15.3 Å². The molecule has 0 saturated carbocycles. The Bertz CT molecular complexity index is 1370. The monoisotopic (exact) mass is 513 g/mol. The Hall–Kier alpha value is -3.77. The zero-order valence-corrected chi connectivity index (χ0v) is 21.9. The molecular weight excluding hydrogens is 482 g/mol. The second-order valence-electron chi connectivity index (χ2n) is 8.87. The summed E-state index contributed by atoms with van der Waals surface area (Å²) >= 11 is 6.39. The molecule has 37 heavy (non-hydrogen) atoms. The molecule has 4 aromatic rings. The third-order valence-corrected chi connectivity index (χ3v) is 6.30. The van der Waals surface area contributed by atoms with Crippen LogP contribution < -0.4 is 10.5 Å². The zero-order valence-electron chi connectivity index (χ0n) is 21.1. The Labute approximate surface area is 223 Å². The van der Waals surface area contributed by atoms with Crippen molar-refractivity contribution in [3.05, 3.63) is 83.9 Å². The number of unbranched alkanes of at least 4 members (excludes halogenated alkanes) is 5. The first kappa shape index (κ1) is 26.3. The summed E-state index contributed by atoms with van der Waals surface area (Å²) in [4.78, 5) is 0. The average molecular weight is 514 g/mol. The molecule has 0 saturated heterocycles. The van der Waals surface area contributed by atoms with E-state index in [9.17, 15) is 0 Å². The van der Waals surface area contributed by atoms with E-state index in [4.69, 9.17) is 22.1 Å². The molecule has 0 amide bonds. The van der Waals surface area contributed by atoms with E-state index < -0.39 is 0 Å². The number of ether oxygens (including phenoxy) is 1. The molecule has 0 atom stereocenters. The highest BCUT2D eigenvalue weighted by Crippen LogP contribution is 2.32. The van der Waals surface area contributed by atoms with Crippen LogP contribution in [0.1, 0.15) is 45.4 Å². The predicted octanol–water partition coefficient (Wildman–Crippen LogP) is 10.6. The molecule has 4 aromatic carbocycles. The van der Waals surface area contributed by atoms with Crippen molar-refractivity contribution < 1.29 is 4.74 Å². The number of hydrogen-bond acceptors (Lipinski definition) is 6. The van der Waals surface area contributed by atoms with Crippen molar-refractivity contribution >= 4 is 50.8 Å². The number of halogens is 1. The van der Waals surface area contributed by atoms with Crippen molar-refractivity contribution in [2.24, 2.45) is 20.5 Å². The lowest BCUT2D eigenvalue weighted by molar-refractivity contribution is 0.304. The normalized spacial score (nSPS) is 11.6. The summed E-state index contributed by atoms with van der Waals surface area (Å²) in [6.45, 7) is 2.90. The molecule has 2 N–H and O–H groups in total. The van der Waals surface area contributed by atoms with Gasteiger partial charge in [0, 0.05) is 16.5 Å². The molecule has 7 heteroatoms. The van der Waals surface area contributed by atoms with Gasteiger partial charge >= 0.3 is 0 Å². The molecule has 4 rings (SSSR count). The van der Waals surface area contributed by atoms with Crippen molar-refractivity contribution in [3.63, 3.8) is 0 Å². The van der Waals surface area contributed by atoms with Gasteiger partial charge in [-0.05, 0) is 61.0 Å². The van der Waals surface area contributed by atoms with E-state index in [-0.39, 0.29) is 0 Å². The summed E-state index contributed by atoms with van der Waals surface area (Å²) in [6, 6.07) is 24.5.